The van der Waals surface area contributed by atoms with Crippen molar-refractivity contribution < 1.29 is 4.42 Å². The lowest BCUT2D eigenvalue weighted by molar-refractivity contribution is 0.426. The first-order valence-corrected chi connectivity index (χ1v) is 7.58. The Balaban J connectivity index is 1.90. The van der Waals surface area contributed by atoms with Crippen molar-refractivity contribution in [2.45, 2.75) is 16.7 Å². The van der Waals surface area contributed by atoms with Gasteiger partial charge in [0.2, 0.25) is 5.89 Å². The van der Waals surface area contributed by atoms with Gasteiger partial charge in [-0.05, 0) is 17.9 Å². The predicted molar refractivity (Wildman–Crippen MR) is 70.3 cm³/mol. The van der Waals surface area contributed by atoms with Crippen LogP contribution in [0.25, 0.3) is 0 Å². The fourth-order valence-corrected chi connectivity index (χ4v) is 2.31. The van der Waals surface area contributed by atoms with Gasteiger partial charge < -0.3 is 4.42 Å². The molecule has 0 radical (unpaired) electrons. The maximum atomic E-state index is 5.71. The van der Waals surface area contributed by atoms with E-state index < -0.39 is 0 Å². The van der Waals surface area contributed by atoms with Gasteiger partial charge >= 0.3 is 0 Å². The molecule has 2 rings (SSSR count). The largest absolute Gasteiger partial charge is 0.415 e. The van der Waals surface area contributed by atoms with Gasteiger partial charge in [0.05, 0.1) is 5.75 Å². The molecule has 0 saturated carbocycles. The molecule has 0 amide bonds. The lowest BCUT2D eigenvalue weighted by atomic mass is 10.3. The van der Waals surface area contributed by atoms with E-state index in [2.05, 4.69) is 15.2 Å². The fraction of sp³-hybridized carbons (Fsp3) is 0.300. The zero-order valence-electron chi connectivity index (χ0n) is 9.09. The zero-order chi connectivity index (χ0) is 12.1. The summed E-state index contributed by atoms with van der Waals surface area (Å²) in [6.45, 7) is 0. The van der Waals surface area contributed by atoms with Crippen molar-refractivity contribution in [2.75, 3.05) is 6.26 Å². The Hall–Kier alpha value is -0.720. The van der Waals surface area contributed by atoms with Crippen molar-refractivity contribution in [3.63, 3.8) is 0 Å². The predicted octanol–water partition coefficient (Wildman–Crippen LogP) is 3.27. The molecule has 0 aliphatic carbocycles. The molecule has 7 heteroatoms. The molecule has 0 aliphatic heterocycles. The molecule has 90 valence electrons. The Labute approximate surface area is 113 Å². The normalized spacial score (nSPS) is 10.7. The summed E-state index contributed by atoms with van der Waals surface area (Å²) in [6.07, 6.45) is 3.74. The number of thioether (sulfide) groups is 2. The number of rotatable bonds is 5. The maximum Gasteiger partial charge on any atom is 0.276 e. The minimum Gasteiger partial charge on any atom is -0.415 e. The Kier molecular flexibility index (Phi) is 4.70. The third-order valence-corrected chi connectivity index (χ3v) is 3.52. The minimum atomic E-state index is 0.499. The van der Waals surface area contributed by atoms with Crippen molar-refractivity contribution >= 4 is 35.1 Å². The Morgan fingerprint density at radius 3 is 2.88 bits per heavy atom. The van der Waals surface area contributed by atoms with E-state index in [1.165, 1.54) is 11.8 Å². The number of hydrogen-bond acceptors (Lipinski definition) is 6. The van der Waals surface area contributed by atoms with Crippen LogP contribution in [0.2, 0.25) is 5.15 Å². The highest BCUT2D eigenvalue weighted by Crippen LogP contribution is 2.22. The molecule has 0 saturated heterocycles. The van der Waals surface area contributed by atoms with Crippen LogP contribution in [0.15, 0.2) is 28.0 Å². The summed E-state index contributed by atoms with van der Waals surface area (Å²) in [6, 6.07) is 3.70. The average Bonchev–Trinajstić information content (AvgIpc) is 2.77. The lowest BCUT2D eigenvalue weighted by Gasteiger charge is -1.97. The number of pyridine rings is 1. The molecule has 17 heavy (non-hydrogen) atoms. The topological polar surface area (TPSA) is 51.8 Å². The summed E-state index contributed by atoms with van der Waals surface area (Å²) in [4.78, 5) is 4.01. The summed E-state index contributed by atoms with van der Waals surface area (Å²) in [5.41, 5.74) is 1.07. The third-order valence-electron chi connectivity index (χ3n) is 1.87. The van der Waals surface area contributed by atoms with E-state index in [9.17, 15) is 0 Å². The van der Waals surface area contributed by atoms with Crippen molar-refractivity contribution in [1.82, 2.24) is 15.2 Å². The van der Waals surface area contributed by atoms with Gasteiger partial charge in [0.1, 0.15) is 5.15 Å². The van der Waals surface area contributed by atoms with Crippen LogP contribution >= 0.6 is 35.1 Å². The second kappa shape index (κ2) is 6.28. The first kappa shape index (κ1) is 12.7. The molecule has 4 nitrogen and oxygen atoms in total. The summed E-state index contributed by atoms with van der Waals surface area (Å²) in [5, 5.41) is 8.98. The molecule has 0 fully saturated rings. The Morgan fingerprint density at radius 1 is 1.29 bits per heavy atom. The second-order valence-corrected chi connectivity index (χ2v) is 5.35. The highest BCUT2D eigenvalue weighted by molar-refractivity contribution is 7.98. The van der Waals surface area contributed by atoms with Gasteiger partial charge in [-0.25, -0.2) is 4.98 Å². The molecule has 0 aromatic carbocycles. The molecular weight excluding hydrogens is 278 g/mol. The summed E-state index contributed by atoms with van der Waals surface area (Å²) < 4.78 is 5.44. The zero-order valence-corrected chi connectivity index (χ0v) is 11.5. The highest BCUT2D eigenvalue weighted by atomic mass is 35.5. The van der Waals surface area contributed by atoms with Crippen LogP contribution in [0.4, 0.5) is 0 Å². The molecule has 0 N–H and O–H groups in total. The van der Waals surface area contributed by atoms with Crippen molar-refractivity contribution in [3.05, 3.63) is 34.9 Å². The molecule has 0 aliphatic rings. The summed E-state index contributed by atoms with van der Waals surface area (Å²) >= 11 is 8.85. The minimum absolute atomic E-state index is 0.499. The van der Waals surface area contributed by atoms with Gasteiger partial charge in [0.25, 0.3) is 5.22 Å². The second-order valence-electron chi connectivity index (χ2n) is 3.17. The third kappa shape index (κ3) is 3.90. The van der Waals surface area contributed by atoms with Gasteiger partial charge in [-0.3, -0.25) is 0 Å². The molecule has 2 aromatic heterocycles. The van der Waals surface area contributed by atoms with Crippen molar-refractivity contribution in [2.24, 2.45) is 0 Å². The van der Waals surface area contributed by atoms with Crippen LogP contribution in [0.3, 0.4) is 0 Å². The monoisotopic (exact) mass is 287 g/mol. The van der Waals surface area contributed by atoms with Crippen molar-refractivity contribution in [3.8, 4) is 0 Å². The molecule has 0 spiro atoms. The molecule has 2 aromatic rings. The average molecular weight is 288 g/mol. The molecule has 2 heterocycles. The molecule has 0 unspecified atom stereocenters. The highest BCUT2D eigenvalue weighted by Gasteiger charge is 2.06. The number of halogens is 1. The fourth-order valence-electron chi connectivity index (χ4n) is 1.12. The van der Waals surface area contributed by atoms with E-state index in [1.807, 2.05) is 12.3 Å². The number of aromatic nitrogens is 3. The van der Waals surface area contributed by atoms with E-state index in [0.717, 1.165) is 17.1 Å². The van der Waals surface area contributed by atoms with Gasteiger partial charge in [-0.2, -0.15) is 11.8 Å². The van der Waals surface area contributed by atoms with Gasteiger partial charge in [0, 0.05) is 11.9 Å². The molecular formula is C10H10ClN3OS2. The Bertz CT molecular complexity index is 475. The first-order chi connectivity index (χ1) is 8.28. The lowest BCUT2D eigenvalue weighted by Crippen LogP contribution is -1.83. The molecule has 0 atom stereocenters. The quantitative estimate of drug-likeness (QED) is 0.621. The van der Waals surface area contributed by atoms with Crippen LogP contribution in [0.1, 0.15) is 11.5 Å². The molecule has 0 bridgehead atoms. The van der Waals surface area contributed by atoms with E-state index in [1.54, 1.807) is 24.0 Å². The SMILES string of the molecule is CSCc1nnc(SCc2ccc(Cl)nc2)o1. The van der Waals surface area contributed by atoms with E-state index in [-0.39, 0.29) is 0 Å². The van der Waals surface area contributed by atoms with Crippen LogP contribution in [-0.4, -0.2) is 21.4 Å². The summed E-state index contributed by atoms with van der Waals surface area (Å²) in [5.74, 6) is 2.15. The van der Waals surface area contributed by atoms with Gasteiger partial charge in [-0.15, -0.1) is 10.2 Å². The summed E-state index contributed by atoms with van der Waals surface area (Å²) in [7, 11) is 0. The van der Waals surface area contributed by atoms with Gasteiger partial charge in [-0.1, -0.05) is 29.4 Å². The Morgan fingerprint density at radius 2 is 2.18 bits per heavy atom. The number of hydrogen-bond donors (Lipinski definition) is 0. The van der Waals surface area contributed by atoms with Crippen LogP contribution in [0, 0.1) is 0 Å². The van der Waals surface area contributed by atoms with Crippen LogP contribution in [-0.2, 0) is 11.5 Å². The van der Waals surface area contributed by atoms with Crippen LogP contribution in [0.5, 0.6) is 0 Å². The first-order valence-electron chi connectivity index (χ1n) is 4.82. The smallest absolute Gasteiger partial charge is 0.276 e. The van der Waals surface area contributed by atoms with E-state index >= 15 is 0 Å². The maximum absolute atomic E-state index is 5.71. The van der Waals surface area contributed by atoms with Crippen LogP contribution < -0.4 is 0 Å². The van der Waals surface area contributed by atoms with E-state index in [4.69, 9.17) is 16.0 Å². The number of nitrogens with zero attached hydrogens (tertiary/aromatic N) is 3. The van der Waals surface area contributed by atoms with Crippen molar-refractivity contribution in [1.29, 1.82) is 0 Å². The standard InChI is InChI=1S/C10H10ClN3OS2/c1-16-6-9-13-14-10(15-9)17-5-7-2-3-8(11)12-4-7/h2-4H,5-6H2,1H3. The van der Waals surface area contributed by atoms with E-state index in [0.29, 0.717) is 16.3 Å². The van der Waals surface area contributed by atoms with Gasteiger partial charge in [0.15, 0.2) is 0 Å².